The zero-order valence-corrected chi connectivity index (χ0v) is 14.1. The van der Waals surface area contributed by atoms with Crippen LogP contribution in [-0.2, 0) is 10.8 Å². The van der Waals surface area contributed by atoms with Crippen LogP contribution in [-0.4, -0.2) is 21.1 Å². The van der Waals surface area contributed by atoms with E-state index in [9.17, 15) is 9.90 Å². The maximum Gasteiger partial charge on any atom is 0.210 e. The van der Waals surface area contributed by atoms with Gasteiger partial charge >= 0.3 is 0 Å². The fourth-order valence-electron chi connectivity index (χ4n) is 2.45. The summed E-state index contributed by atoms with van der Waals surface area (Å²) in [5.41, 5.74) is 2.07. The largest absolute Gasteiger partial charge is 0.507 e. The highest BCUT2D eigenvalue weighted by molar-refractivity contribution is 6.08. The summed E-state index contributed by atoms with van der Waals surface area (Å²) in [5.74, 6) is 0.162. The predicted octanol–water partition coefficient (Wildman–Crippen LogP) is 3.94. The standard InChI is InChI=1S/C18H24N2O2/c1-17(2,3)12-9-11(15(21)14-7-8-19-20-14)10-13(16(12)22)18(4,5)6/h7-10,22H,1-6H3,(H,19,20). The molecule has 0 saturated heterocycles. The number of aromatic hydroxyl groups is 1. The van der Waals surface area contributed by atoms with Gasteiger partial charge in [-0.1, -0.05) is 41.5 Å². The Kier molecular flexibility index (Phi) is 3.90. The highest BCUT2D eigenvalue weighted by atomic mass is 16.3. The summed E-state index contributed by atoms with van der Waals surface area (Å²) in [7, 11) is 0. The van der Waals surface area contributed by atoms with Crippen molar-refractivity contribution in [1.29, 1.82) is 0 Å². The number of H-pyrrole nitrogens is 1. The number of nitrogens with zero attached hydrogens (tertiary/aromatic N) is 1. The van der Waals surface area contributed by atoms with Crippen LogP contribution in [0.5, 0.6) is 5.75 Å². The molecule has 0 atom stereocenters. The molecule has 0 unspecified atom stereocenters. The highest BCUT2D eigenvalue weighted by Gasteiger charge is 2.28. The fraction of sp³-hybridized carbons (Fsp3) is 0.444. The summed E-state index contributed by atoms with van der Waals surface area (Å²) in [6.45, 7) is 12.2. The molecule has 0 amide bonds. The molecule has 118 valence electrons. The summed E-state index contributed by atoms with van der Waals surface area (Å²) >= 11 is 0. The average Bonchev–Trinajstić information content (AvgIpc) is 2.89. The van der Waals surface area contributed by atoms with Crippen molar-refractivity contribution in [2.24, 2.45) is 0 Å². The van der Waals surface area contributed by atoms with E-state index in [1.165, 1.54) is 0 Å². The fourth-order valence-corrected chi connectivity index (χ4v) is 2.45. The first-order valence-corrected chi connectivity index (χ1v) is 7.44. The van der Waals surface area contributed by atoms with Crippen molar-refractivity contribution >= 4 is 5.78 Å². The van der Waals surface area contributed by atoms with E-state index in [0.29, 0.717) is 11.3 Å². The third-order valence-corrected chi connectivity index (χ3v) is 3.73. The van der Waals surface area contributed by atoms with Gasteiger partial charge in [0.2, 0.25) is 5.78 Å². The van der Waals surface area contributed by atoms with Crippen LogP contribution in [0.15, 0.2) is 24.4 Å². The number of phenols is 1. The molecule has 2 rings (SSSR count). The van der Waals surface area contributed by atoms with E-state index in [0.717, 1.165) is 11.1 Å². The number of benzene rings is 1. The number of nitrogens with one attached hydrogen (secondary N) is 1. The Balaban J connectivity index is 2.68. The van der Waals surface area contributed by atoms with Crippen molar-refractivity contribution in [3.63, 3.8) is 0 Å². The van der Waals surface area contributed by atoms with Crippen LogP contribution < -0.4 is 0 Å². The van der Waals surface area contributed by atoms with Gasteiger partial charge in [0.05, 0.1) is 0 Å². The molecule has 0 aliphatic carbocycles. The maximum absolute atomic E-state index is 12.6. The van der Waals surface area contributed by atoms with Gasteiger partial charge in [0.1, 0.15) is 11.4 Å². The number of carbonyl (C=O) groups excluding carboxylic acids is 1. The number of aromatic nitrogens is 2. The van der Waals surface area contributed by atoms with Gasteiger partial charge in [-0.2, -0.15) is 5.10 Å². The molecule has 1 aromatic heterocycles. The topological polar surface area (TPSA) is 66.0 Å². The van der Waals surface area contributed by atoms with Gasteiger partial charge in [-0.15, -0.1) is 0 Å². The molecule has 4 nitrogen and oxygen atoms in total. The van der Waals surface area contributed by atoms with Crippen LogP contribution in [0.4, 0.5) is 0 Å². The van der Waals surface area contributed by atoms with E-state index in [-0.39, 0.29) is 22.4 Å². The van der Waals surface area contributed by atoms with Gasteiger partial charge in [-0.3, -0.25) is 9.89 Å². The first-order chi connectivity index (χ1) is 10.0. The van der Waals surface area contributed by atoms with Crippen LogP contribution >= 0.6 is 0 Å². The van der Waals surface area contributed by atoms with Crippen LogP contribution in [0.3, 0.4) is 0 Å². The van der Waals surface area contributed by atoms with Gasteiger partial charge < -0.3 is 5.11 Å². The molecule has 22 heavy (non-hydrogen) atoms. The number of phenolic OH excluding ortho intramolecular Hbond substituents is 1. The van der Waals surface area contributed by atoms with E-state index in [1.54, 1.807) is 24.4 Å². The van der Waals surface area contributed by atoms with E-state index in [2.05, 4.69) is 10.2 Å². The molecule has 0 spiro atoms. The van der Waals surface area contributed by atoms with Gasteiger partial charge in [0.15, 0.2) is 0 Å². The van der Waals surface area contributed by atoms with E-state index in [4.69, 9.17) is 0 Å². The summed E-state index contributed by atoms with van der Waals surface area (Å²) in [6.07, 6.45) is 1.56. The Morgan fingerprint density at radius 2 is 1.55 bits per heavy atom. The lowest BCUT2D eigenvalue weighted by molar-refractivity contribution is 0.103. The molecule has 2 N–H and O–H groups in total. The van der Waals surface area contributed by atoms with Crippen molar-refractivity contribution in [1.82, 2.24) is 10.2 Å². The smallest absolute Gasteiger partial charge is 0.210 e. The minimum Gasteiger partial charge on any atom is -0.507 e. The molecule has 0 aliphatic rings. The second-order valence-electron chi connectivity index (χ2n) is 7.72. The highest BCUT2D eigenvalue weighted by Crippen LogP contribution is 2.40. The minimum absolute atomic E-state index is 0.117. The lowest BCUT2D eigenvalue weighted by Gasteiger charge is -2.28. The Morgan fingerprint density at radius 1 is 1.05 bits per heavy atom. The van der Waals surface area contributed by atoms with E-state index in [1.807, 2.05) is 41.5 Å². The Bertz CT molecular complexity index is 652. The molecule has 1 aromatic carbocycles. The SMILES string of the molecule is CC(C)(C)c1cc(C(=O)c2ccn[nH]2)cc(C(C)(C)C)c1O. The third-order valence-electron chi connectivity index (χ3n) is 3.73. The summed E-state index contributed by atoms with van der Waals surface area (Å²) < 4.78 is 0. The first-order valence-electron chi connectivity index (χ1n) is 7.44. The van der Waals surface area contributed by atoms with Crippen molar-refractivity contribution in [3.05, 3.63) is 46.8 Å². The molecular weight excluding hydrogens is 276 g/mol. The lowest BCUT2D eigenvalue weighted by atomic mass is 9.78. The Hall–Kier alpha value is -2.10. The van der Waals surface area contributed by atoms with E-state index >= 15 is 0 Å². The van der Waals surface area contributed by atoms with Gasteiger partial charge in [-0.05, 0) is 29.0 Å². The third kappa shape index (κ3) is 3.06. The average molecular weight is 300 g/mol. The number of hydrogen-bond donors (Lipinski definition) is 2. The summed E-state index contributed by atoms with van der Waals surface area (Å²) in [6, 6.07) is 5.23. The minimum atomic E-state index is -0.256. The number of carbonyl (C=O) groups is 1. The number of ketones is 1. The maximum atomic E-state index is 12.6. The van der Waals surface area contributed by atoms with Crippen LogP contribution in [0.1, 0.15) is 68.7 Å². The first kappa shape index (κ1) is 16.3. The van der Waals surface area contributed by atoms with Crippen molar-refractivity contribution in [2.45, 2.75) is 52.4 Å². The second-order valence-corrected chi connectivity index (χ2v) is 7.72. The number of hydrogen-bond acceptors (Lipinski definition) is 3. The monoisotopic (exact) mass is 300 g/mol. The molecular formula is C18H24N2O2. The van der Waals surface area contributed by atoms with Gasteiger partial charge in [0.25, 0.3) is 0 Å². The zero-order chi connectivity index (χ0) is 16.7. The normalized spacial score (nSPS) is 12.5. The Morgan fingerprint density at radius 3 is 1.91 bits per heavy atom. The van der Waals surface area contributed by atoms with Crippen LogP contribution in [0.2, 0.25) is 0 Å². The molecule has 1 heterocycles. The van der Waals surface area contributed by atoms with Gasteiger partial charge in [-0.25, -0.2) is 0 Å². The Labute approximate surface area is 131 Å². The molecule has 0 saturated carbocycles. The number of aromatic amines is 1. The molecule has 0 bridgehead atoms. The number of rotatable bonds is 2. The van der Waals surface area contributed by atoms with Crippen LogP contribution in [0.25, 0.3) is 0 Å². The van der Waals surface area contributed by atoms with Crippen LogP contribution in [0, 0.1) is 0 Å². The predicted molar refractivity (Wildman–Crippen MR) is 87.5 cm³/mol. The molecule has 0 fully saturated rings. The van der Waals surface area contributed by atoms with Crippen molar-refractivity contribution < 1.29 is 9.90 Å². The summed E-state index contributed by atoms with van der Waals surface area (Å²) in [5, 5.41) is 17.2. The quantitative estimate of drug-likeness (QED) is 0.825. The van der Waals surface area contributed by atoms with Gasteiger partial charge in [0, 0.05) is 22.9 Å². The zero-order valence-electron chi connectivity index (χ0n) is 14.1. The summed E-state index contributed by atoms with van der Waals surface area (Å²) in [4.78, 5) is 12.6. The second kappa shape index (κ2) is 5.27. The molecule has 0 aliphatic heterocycles. The van der Waals surface area contributed by atoms with E-state index < -0.39 is 0 Å². The molecule has 0 radical (unpaired) electrons. The van der Waals surface area contributed by atoms with Crippen molar-refractivity contribution in [2.75, 3.05) is 0 Å². The van der Waals surface area contributed by atoms with Crippen molar-refractivity contribution in [3.8, 4) is 5.75 Å². The molecule has 4 heteroatoms. The lowest BCUT2D eigenvalue weighted by Crippen LogP contribution is -2.19. The molecule has 2 aromatic rings.